The highest BCUT2D eigenvalue weighted by molar-refractivity contribution is 5.99. The average molecular weight is 335 g/mol. The Morgan fingerprint density at radius 1 is 1.12 bits per heavy atom. The summed E-state index contributed by atoms with van der Waals surface area (Å²) in [5, 5.41) is 14.3. The molecule has 0 aromatic heterocycles. The summed E-state index contributed by atoms with van der Waals surface area (Å²) in [4.78, 5) is 11.6. The van der Waals surface area contributed by atoms with Crippen LogP contribution in [0.25, 0.3) is 0 Å². The lowest BCUT2D eigenvalue weighted by Gasteiger charge is -2.15. The highest BCUT2D eigenvalue weighted by atomic mass is 16.5. The molecular weight excluding hydrogens is 314 g/mol. The largest absolute Gasteiger partial charge is 0.489 e. The highest BCUT2D eigenvalue weighted by Gasteiger charge is 2.08. The van der Waals surface area contributed by atoms with Gasteiger partial charge in [0.05, 0.1) is 24.7 Å². The fourth-order valence-electron chi connectivity index (χ4n) is 2.21. The molecule has 128 valence electrons. The molecule has 0 radical (unpaired) electrons. The number of rotatable bonds is 7. The third-order valence-corrected chi connectivity index (χ3v) is 3.59. The second kappa shape index (κ2) is 9.24. The minimum absolute atomic E-state index is 0.183. The van der Waals surface area contributed by atoms with Gasteiger partial charge in [0.2, 0.25) is 5.91 Å². The number of carbonyl (C=O) groups excluding carboxylic acids is 1. The van der Waals surface area contributed by atoms with Crippen LogP contribution >= 0.6 is 0 Å². The Bertz CT molecular complexity index is 762. The lowest BCUT2D eigenvalue weighted by atomic mass is 10.1. The summed E-state index contributed by atoms with van der Waals surface area (Å²) < 4.78 is 5.76. The average Bonchev–Trinajstić information content (AvgIpc) is 2.64. The second-order valence-corrected chi connectivity index (χ2v) is 5.53. The minimum atomic E-state index is -0.183. The zero-order valence-electron chi connectivity index (χ0n) is 14.5. The molecule has 0 fully saturated rings. The van der Waals surface area contributed by atoms with Crippen LogP contribution in [0, 0.1) is 11.3 Å². The number of carbonyl (C=O) groups is 1. The van der Waals surface area contributed by atoms with Gasteiger partial charge >= 0.3 is 0 Å². The van der Waals surface area contributed by atoms with Crippen molar-refractivity contribution in [2.24, 2.45) is 5.10 Å². The summed E-state index contributed by atoms with van der Waals surface area (Å²) in [7, 11) is 0. The van der Waals surface area contributed by atoms with Crippen LogP contribution in [0.4, 0.5) is 0 Å². The van der Waals surface area contributed by atoms with Crippen molar-refractivity contribution in [3.8, 4) is 11.8 Å². The lowest BCUT2D eigenvalue weighted by molar-refractivity contribution is -0.128. The van der Waals surface area contributed by atoms with E-state index in [1.807, 2.05) is 67.6 Å². The van der Waals surface area contributed by atoms with E-state index in [4.69, 9.17) is 10.00 Å². The molecule has 0 saturated heterocycles. The third-order valence-electron chi connectivity index (χ3n) is 3.59. The molecular formula is C20H21N3O2. The van der Waals surface area contributed by atoms with Crippen LogP contribution in [0.15, 0.2) is 59.7 Å². The van der Waals surface area contributed by atoms with Gasteiger partial charge in [-0.2, -0.15) is 10.4 Å². The number of nitrogens with zero attached hydrogens (tertiary/aromatic N) is 3. The summed E-state index contributed by atoms with van der Waals surface area (Å²) in [5.41, 5.74) is 2.72. The molecule has 2 rings (SSSR count). The molecule has 0 N–H and O–H groups in total. The first kappa shape index (κ1) is 18.2. The fourth-order valence-corrected chi connectivity index (χ4v) is 2.21. The first-order valence-electron chi connectivity index (χ1n) is 8.07. The first-order valence-corrected chi connectivity index (χ1v) is 8.07. The molecule has 5 heteroatoms. The van der Waals surface area contributed by atoms with Crippen LogP contribution < -0.4 is 4.74 Å². The van der Waals surface area contributed by atoms with Crippen molar-refractivity contribution in [1.29, 1.82) is 5.26 Å². The van der Waals surface area contributed by atoms with Crippen molar-refractivity contribution in [1.82, 2.24) is 5.01 Å². The minimum Gasteiger partial charge on any atom is -0.489 e. The molecule has 2 aromatic carbocycles. The number of amides is 1. The molecule has 0 atom stereocenters. The van der Waals surface area contributed by atoms with Crippen LogP contribution in [0.1, 0.15) is 31.4 Å². The quantitative estimate of drug-likeness (QED) is 0.572. The number of benzene rings is 2. The molecule has 1 amide bonds. The van der Waals surface area contributed by atoms with Gasteiger partial charge in [0.25, 0.3) is 0 Å². The molecule has 0 saturated carbocycles. The normalized spacial score (nSPS) is 10.8. The second-order valence-electron chi connectivity index (χ2n) is 5.53. The number of hydrogen-bond donors (Lipinski definition) is 0. The summed E-state index contributed by atoms with van der Waals surface area (Å²) >= 11 is 0. The van der Waals surface area contributed by atoms with Crippen LogP contribution in [0.5, 0.6) is 5.75 Å². The predicted octanol–water partition coefficient (Wildman–Crippen LogP) is 3.75. The number of hydrogen-bond acceptors (Lipinski definition) is 4. The number of nitriles is 1. The molecule has 5 nitrogen and oxygen atoms in total. The van der Waals surface area contributed by atoms with Gasteiger partial charge in [-0.05, 0) is 42.3 Å². The van der Waals surface area contributed by atoms with Gasteiger partial charge in [-0.25, -0.2) is 5.01 Å². The Kier molecular flexibility index (Phi) is 6.73. The summed E-state index contributed by atoms with van der Waals surface area (Å²) in [6.45, 7) is 4.08. The molecule has 0 aliphatic rings. The van der Waals surface area contributed by atoms with Crippen molar-refractivity contribution in [3.63, 3.8) is 0 Å². The van der Waals surface area contributed by atoms with Crippen LogP contribution in [0.2, 0.25) is 0 Å². The highest BCUT2D eigenvalue weighted by Crippen LogP contribution is 2.15. The number of hydrazone groups is 1. The summed E-state index contributed by atoms with van der Waals surface area (Å²) in [5.74, 6) is 0.589. The molecule has 0 heterocycles. The van der Waals surface area contributed by atoms with Crippen LogP contribution in [-0.2, 0) is 11.4 Å². The van der Waals surface area contributed by atoms with Crippen molar-refractivity contribution >= 4 is 11.6 Å². The van der Waals surface area contributed by atoms with E-state index in [1.165, 1.54) is 11.9 Å². The smallest absolute Gasteiger partial charge is 0.239 e. The van der Waals surface area contributed by atoms with E-state index in [-0.39, 0.29) is 12.3 Å². The first-order chi connectivity index (χ1) is 12.1. The van der Waals surface area contributed by atoms with E-state index < -0.39 is 0 Å². The Morgan fingerprint density at radius 3 is 2.40 bits per heavy atom. The molecule has 0 spiro atoms. The Balaban J connectivity index is 2.01. The van der Waals surface area contributed by atoms with Gasteiger partial charge in [0.15, 0.2) is 0 Å². The maximum Gasteiger partial charge on any atom is 0.239 e. The maximum absolute atomic E-state index is 11.6. The zero-order chi connectivity index (χ0) is 18.1. The van der Waals surface area contributed by atoms with Gasteiger partial charge in [0, 0.05) is 6.92 Å². The van der Waals surface area contributed by atoms with Crippen molar-refractivity contribution < 1.29 is 9.53 Å². The van der Waals surface area contributed by atoms with Gasteiger partial charge in [0.1, 0.15) is 12.4 Å². The lowest BCUT2D eigenvalue weighted by Crippen LogP contribution is -2.25. The Morgan fingerprint density at radius 2 is 1.80 bits per heavy atom. The van der Waals surface area contributed by atoms with E-state index in [0.29, 0.717) is 18.9 Å². The predicted molar refractivity (Wildman–Crippen MR) is 97.0 cm³/mol. The van der Waals surface area contributed by atoms with Gasteiger partial charge in [-0.1, -0.05) is 30.3 Å². The van der Waals surface area contributed by atoms with Gasteiger partial charge in [-0.3, -0.25) is 4.79 Å². The summed E-state index contributed by atoms with van der Waals surface area (Å²) in [6, 6.07) is 19.6. The van der Waals surface area contributed by atoms with Crippen LogP contribution in [-0.4, -0.2) is 23.2 Å². The maximum atomic E-state index is 11.6. The monoisotopic (exact) mass is 335 g/mol. The fraction of sp³-hybridized carbons (Fsp3) is 0.250. The third kappa shape index (κ3) is 5.78. The van der Waals surface area contributed by atoms with Crippen molar-refractivity contribution in [3.05, 3.63) is 65.7 Å². The van der Waals surface area contributed by atoms with Gasteiger partial charge < -0.3 is 4.74 Å². The van der Waals surface area contributed by atoms with Gasteiger partial charge in [-0.15, -0.1) is 0 Å². The number of ether oxygens (including phenoxy) is 1. The van der Waals surface area contributed by atoms with Crippen molar-refractivity contribution in [2.75, 3.05) is 6.54 Å². The molecule has 0 aliphatic heterocycles. The molecule has 0 aliphatic carbocycles. The van der Waals surface area contributed by atoms with Crippen molar-refractivity contribution in [2.45, 2.75) is 26.9 Å². The molecule has 0 unspecified atom stereocenters. The Hall–Kier alpha value is -3.13. The standard InChI is InChI=1S/C20H21N3O2/c1-16(22-23(17(2)24)14-6-13-21)19-9-11-20(12-10-19)25-15-18-7-4-3-5-8-18/h3-5,7-12H,6,14-15H2,1-2H3. The van der Waals surface area contributed by atoms with E-state index in [9.17, 15) is 4.79 Å². The summed E-state index contributed by atoms with van der Waals surface area (Å²) in [6.07, 6.45) is 0.253. The SMILES string of the molecule is CC(=O)N(CCC#N)N=C(C)c1ccc(OCc2ccccc2)cc1. The molecule has 2 aromatic rings. The Labute approximate surface area is 148 Å². The zero-order valence-corrected chi connectivity index (χ0v) is 14.5. The molecule has 25 heavy (non-hydrogen) atoms. The van der Waals surface area contributed by atoms with E-state index in [1.54, 1.807) is 0 Å². The van der Waals surface area contributed by atoms with Crippen LogP contribution in [0.3, 0.4) is 0 Å². The van der Waals surface area contributed by atoms with E-state index >= 15 is 0 Å². The van der Waals surface area contributed by atoms with E-state index in [0.717, 1.165) is 16.9 Å². The molecule has 0 bridgehead atoms. The van der Waals surface area contributed by atoms with E-state index in [2.05, 4.69) is 5.10 Å². The topological polar surface area (TPSA) is 65.7 Å².